The molecule has 1 aromatic heterocycles. The Morgan fingerprint density at radius 1 is 1.31 bits per heavy atom. The van der Waals surface area contributed by atoms with E-state index in [1.165, 1.54) is 16.2 Å². The zero-order valence-electron chi connectivity index (χ0n) is 24.4. The second kappa shape index (κ2) is 12.9. The maximum absolute atomic E-state index is 14.4. The fourth-order valence-corrected chi connectivity index (χ4v) is 5.72. The summed E-state index contributed by atoms with van der Waals surface area (Å²) in [7, 11) is 0. The van der Waals surface area contributed by atoms with Crippen molar-refractivity contribution in [2.75, 3.05) is 13.2 Å². The Kier molecular flexibility index (Phi) is 9.67. The van der Waals surface area contributed by atoms with Crippen molar-refractivity contribution in [3.8, 4) is 16.2 Å². The van der Waals surface area contributed by atoms with Crippen molar-refractivity contribution in [3.63, 3.8) is 0 Å². The van der Waals surface area contributed by atoms with Gasteiger partial charge >= 0.3 is 0 Å². The Bertz CT molecular complexity index is 1320. The smallest absolute Gasteiger partial charge is 0.258 e. The number of aliphatic hydroxyl groups is 1. The molecule has 0 spiro atoms. The van der Waals surface area contributed by atoms with E-state index in [-0.39, 0.29) is 32.4 Å². The van der Waals surface area contributed by atoms with Crippen molar-refractivity contribution in [2.45, 2.75) is 90.2 Å². The summed E-state index contributed by atoms with van der Waals surface area (Å²) in [5.74, 6) is -1.27. The largest absolute Gasteiger partial charge is 0.493 e. The van der Waals surface area contributed by atoms with Crippen LogP contribution in [0.1, 0.15) is 64.1 Å². The molecule has 2 aliphatic rings. The molecule has 12 heteroatoms. The molecule has 42 heavy (non-hydrogen) atoms. The molecule has 4 rings (SSSR count). The van der Waals surface area contributed by atoms with E-state index in [1.54, 1.807) is 26.3 Å². The summed E-state index contributed by atoms with van der Waals surface area (Å²) in [5.41, 5.74) is 1.56. The molecule has 3 amide bonds. The SMILES string of the molecule is Cc1ncsc1-c1ccc(CNC(=O)[C@@H]2C[C@@H](O)CN2C(=O)[C@@H](NC(=O)C2(F)CC2)C(C)(C)C)c(OCCCC=O)c1. The van der Waals surface area contributed by atoms with Crippen LogP contribution in [0.4, 0.5) is 4.39 Å². The maximum atomic E-state index is 14.4. The average molecular weight is 603 g/mol. The Morgan fingerprint density at radius 3 is 2.67 bits per heavy atom. The fraction of sp³-hybridized carbons (Fsp3) is 0.567. The number of ether oxygens (including phenoxy) is 1. The van der Waals surface area contributed by atoms with Gasteiger partial charge in [0.05, 0.1) is 28.8 Å². The molecule has 2 heterocycles. The van der Waals surface area contributed by atoms with E-state index in [1.807, 2.05) is 25.1 Å². The monoisotopic (exact) mass is 602 g/mol. The van der Waals surface area contributed by atoms with Crippen molar-refractivity contribution >= 4 is 35.3 Å². The van der Waals surface area contributed by atoms with Gasteiger partial charge in [-0.05, 0) is 43.2 Å². The standard InChI is InChI=1S/C30H39FN4O6S/c1-18-24(42-17-33-18)19-7-8-20(23(13-19)41-12-6-5-11-36)15-32-26(38)22-14-21(37)16-35(22)27(39)25(29(2,3)4)34-28(40)30(31)9-10-30/h7-8,11,13,17,21-22,25,37H,5-6,9-10,12,14-16H2,1-4H3,(H,32,38)(H,34,40)/t21-,22+,25-/m1/s1. The molecule has 2 aromatic rings. The number of hydrogen-bond acceptors (Lipinski definition) is 8. The third kappa shape index (κ3) is 7.33. The molecule has 1 saturated heterocycles. The number of halogens is 1. The van der Waals surface area contributed by atoms with Crippen molar-refractivity contribution in [1.29, 1.82) is 0 Å². The van der Waals surface area contributed by atoms with Gasteiger partial charge in [-0.15, -0.1) is 11.3 Å². The number of alkyl halides is 1. The Hall–Kier alpha value is -3.38. The molecule has 3 atom stereocenters. The third-order valence-corrected chi connectivity index (χ3v) is 8.58. The van der Waals surface area contributed by atoms with Gasteiger partial charge in [0.2, 0.25) is 11.8 Å². The molecule has 0 unspecified atom stereocenters. The number of likely N-dealkylation sites (tertiary alicyclic amines) is 1. The quantitative estimate of drug-likeness (QED) is 0.251. The maximum Gasteiger partial charge on any atom is 0.258 e. The van der Waals surface area contributed by atoms with E-state index in [0.29, 0.717) is 30.8 Å². The molecular formula is C30H39FN4O6S. The van der Waals surface area contributed by atoms with Crippen LogP contribution in [-0.2, 0) is 25.7 Å². The van der Waals surface area contributed by atoms with E-state index < -0.39 is 47.0 Å². The number of aromatic nitrogens is 1. The normalized spacial score (nSPS) is 20.1. The van der Waals surface area contributed by atoms with Gasteiger partial charge in [-0.2, -0.15) is 0 Å². The van der Waals surface area contributed by atoms with E-state index in [9.17, 15) is 28.7 Å². The molecule has 1 saturated carbocycles. The summed E-state index contributed by atoms with van der Waals surface area (Å²) in [6, 6.07) is 3.61. The number of aldehydes is 1. The molecule has 1 aromatic carbocycles. The number of nitrogens with one attached hydrogen (secondary N) is 2. The topological polar surface area (TPSA) is 138 Å². The Morgan fingerprint density at radius 2 is 2.05 bits per heavy atom. The zero-order chi connectivity index (χ0) is 30.7. The predicted molar refractivity (Wildman–Crippen MR) is 156 cm³/mol. The second-order valence-corrected chi connectivity index (χ2v) is 13.0. The van der Waals surface area contributed by atoms with Crippen molar-refractivity contribution in [1.82, 2.24) is 20.5 Å². The van der Waals surface area contributed by atoms with Gasteiger partial charge in [-0.25, -0.2) is 9.37 Å². The minimum absolute atomic E-state index is 0.0358. The molecule has 228 valence electrons. The predicted octanol–water partition coefficient (Wildman–Crippen LogP) is 3.09. The summed E-state index contributed by atoms with van der Waals surface area (Å²) >= 11 is 1.51. The number of benzene rings is 1. The number of rotatable bonds is 12. The second-order valence-electron chi connectivity index (χ2n) is 12.1. The van der Waals surface area contributed by atoms with Gasteiger partial charge in [0, 0.05) is 31.5 Å². The van der Waals surface area contributed by atoms with Gasteiger partial charge < -0.3 is 30.2 Å². The number of thiazole rings is 1. The van der Waals surface area contributed by atoms with Crippen LogP contribution in [0.15, 0.2) is 23.7 Å². The van der Waals surface area contributed by atoms with Gasteiger partial charge in [-0.3, -0.25) is 14.4 Å². The fourth-order valence-electron chi connectivity index (χ4n) is 4.92. The summed E-state index contributed by atoms with van der Waals surface area (Å²) in [6.07, 6.45) is 1.10. The lowest BCUT2D eigenvalue weighted by molar-refractivity contribution is -0.145. The van der Waals surface area contributed by atoms with Crippen LogP contribution >= 0.6 is 11.3 Å². The summed E-state index contributed by atoms with van der Waals surface area (Å²) in [5, 5.41) is 15.9. The van der Waals surface area contributed by atoms with Gasteiger partial charge in [0.15, 0.2) is 5.67 Å². The molecule has 0 radical (unpaired) electrons. The van der Waals surface area contributed by atoms with E-state index in [4.69, 9.17) is 4.74 Å². The highest BCUT2D eigenvalue weighted by Gasteiger charge is 2.53. The number of nitrogens with zero attached hydrogens (tertiary/aromatic N) is 2. The van der Waals surface area contributed by atoms with Crippen molar-refractivity contribution in [2.24, 2.45) is 5.41 Å². The van der Waals surface area contributed by atoms with Crippen LogP contribution in [0.2, 0.25) is 0 Å². The van der Waals surface area contributed by atoms with Crippen LogP contribution in [0.25, 0.3) is 10.4 Å². The lowest BCUT2D eigenvalue weighted by Gasteiger charge is -2.35. The van der Waals surface area contributed by atoms with E-state index in [2.05, 4.69) is 15.6 Å². The number of carbonyl (C=O) groups is 4. The van der Waals surface area contributed by atoms with Gasteiger partial charge in [0.1, 0.15) is 24.1 Å². The Balaban J connectivity index is 1.48. The van der Waals surface area contributed by atoms with Crippen LogP contribution < -0.4 is 15.4 Å². The molecule has 1 aliphatic carbocycles. The molecule has 3 N–H and O–H groups in total. The van der Waals surface area contributed by atoms with E-state index >= 15 is 0 Å². The molecule has 10 nitrogen and oxygen atoms in total. The lowest BCUT2D eigenvalue weighted by Crippen LogP contribution is -2.59. The number of hydrogen-bond donors (Lipinski definition) is 3. The highest BCUT2D eigenvalue weighted by atomic mass is 32.1. The highest BCUT2D eigenvalue weighted by Crippen LogP contribution is 2.40. The number of unbranched alkanes of at least 4 members (excludes halogenated alkanes) is 1. The number of aryl methyl sites for hydroxylation is 1. The highest BCUT2D eigenvalue weighted by molar-refractivity contribution is 7.13. The summed E-state index contributed by atoms with van der Waals surface area (Å²) in [4.78, 5) is 56.9. The summed E-state index contributed by atoms with van der Waals surface area (Å²) in [6.45, 7) is 7.53. The van der Waals surface area contributed by atoms with Crippen LogP contribution in [0, 0.1) is 12.3 Å². The number of carbonyl (C=O) groups excluding carboxylic acids is 4. The molecule has 0 bridgehead atoms. The molecule has 2 fully saturated rings. The van der Waals surface area contributed by atoms with Crippen LogP contribution in [0.3, 0.4) is 0 Å². The van der Waals surface area contributed by atoms with Crippen LogP contribution in [0.5, 0.6) is 5.75 Å². The van der Waals surface area contributed by atoms with Gasteiger partial charge in [0.25, 0.3) is 5.91 Å². The van der Waals surface area contributed by atoms with Crippen LogP contribution in [-0.4, -0.2) is 76.0 Å². The van der Waals surface area contributed by atoms with E-state index in [0.717, 1.165) is 22.4 Å². The first-order valence-electron chi connectivity index (χ1n) is 14.2. The third-order valence-electron chi connectivity index (χ3n) is 7.60. The average Bonchev–Trinajstić information content (AvgIpc) is 3.35. The van der Waals surface area contributed by atoms with Crippen molar-refractivity contribution < 1.29 is 33.4 Å². The number of amides is 3. The first-order valence-corrected chi connectivity index (χ1v) is 15.1. The zero-order valence-corrected chi connectivity index (χ0v) is 25.3. The minimum Gasteiger partial charge on any atom is -0.493 e. The van der Waals surface area contributed by atoms with Gasteiger partial charge in [-0.1, -0.05) is 32.9 Å². The first kappa shape index (κ1) is 31.6. The first-order chi connectivity index (χ1) is 19.8. The van der Waals surface area contributed by atoms with Crippen molar-refractivity contribution in [3.05, 3.63) is 35.0 Å². The molecule has 1 aliphatic heterocycles. The number of β-amino-alcohol motifs (C(OH)–C–C–N with tert-alkyl or cyclic N) is 1. The Labute approximate surface area is 249 Å². The summed E-state index contributed by atoms with van der Waals surface area (Å²) < 4.78 is 20.4. The minimum atomic E-state index is -1.95. The lowest BCUT2D eigenvalue weighted by atomic mass is 9.85. The molecular weight excluding hydrogens is 563 g/mol. The number of aliphatic hydroxyl groups excluding tert-OH is 1.